The monoisotopic (exact) mass is 361 g/mol. The molecule has 1 aliphatic heterocycles. The van der Waals surface area contributed by atoms with Crippen LogP contribution in [0.1, 0.15) is 45.6 Å². The third-order valence-electron chi connectivity index (χ3n) is 4.12. The molecule has 0 saturated carbocycles. The molecule has 23 heavy (non-hydrogen) atoms. The molecule has 1 aromatic rings. The first-order chi connectivity index (χ1) is 9.86. The van der Waals surface area contributed by atoms with Crippen molar-refractivity contribution in [3.63, 3.8) is 0 Å². The zero-order valence-corrected chi connectivity index (χ0v) is 15.8. The molecule has 2 rings (SSSR count). The summed E-state index contributed by atoms with van der Waals surface area (Å²) in [7, 11) is 0. The van der Waals surface area contributed by atoms with Gasteiger partial charge in [-0.3, -0.25) is 9.69 Å². The Balaban J connectivity index is 0.00000242. The Hall–Kier alpha value is -0.810. The number of benzene rings is 1. The third-order valence-corrected chi connectivity index (χ3v) is 4.12. The van der Waals surface area contributed by atoms with E-state index in [9.17, 15) is 4.79 Å². The maximum atomic E-state index is 11.8. The Morgan fingerprint density at radius 3 is 2.39 bits per heavy atom. The van der Waals surface area contributed by atoms with Gasteiger partial charge >= 0.3 is 0 Å². The summed E-state index contributed by atoms with van der Waals surface area (Å²) in [6.07, 6.45) is 3.93. The second-order valence-corrected chi connectivity index (χ2v) is 6.69. The van der Waals surface area contributed by atoms with Gasteiger partial charge in [0.1, 0.15) is 0 Å². The quantitative estimate of drug-likeness (QED) is 0.861. The molecular formula is C17H29Cl2N3O. The van der Waals surface area contributed by atoms with Crippen LogP contribution in [0.4, 0.5) is 5.69 Å². The number of hydrogen-bond donors (Lipinski definition) is 2. The minimum atomic E-state index is -0.859. The Bertz CT molecular complexity index is 486. The van der Waals surface area contributed by atoms with Gasteiger partial charge in [-0.25, -0.2) is 0 Å². The predicted octanol–water partition coefficient (Wildman–Crippen LogP) is 3.58. The number of hydrogen-bond acceptors (Lipinski definition) is 3. The lowest BCUT2D eigenvalue weighted by Crippen LogP contribution is -2.45. The molecule has 1 amide bonds. The van der Waals surface area contributed by atoms with Crippen LogP contribution in [0.2, 0.25) is 0 Å². The lowest BCUT2D eigenvalue weighted by Gasteiger charge is -2.33. The van der Waals surface area contributed by atoms with Crippen LogP contribution in [-0.2, 0) is 11.3 Å². The SMILES string of the molecule is CC1CCCCN1Cc1ccc(NC(=O)C(C)(C)N)cc1.Cl.Cl. The van der Waals surface area contributed by atoms with Crippen LogP contribution in [0.25, 0.3) is 0 Å². The number of carbonyl (C=O) groups excluding carboxylic acids is 1. The highest BCUT2D eigenvalue weighted by Gasteiger charge is 2.22. The Morgan fingerprint density at radius 2 is 1.87 bits per heavy atom. The minimum absolute atomic E-state index is 0. The number of nitrogens with two attached hydrogens (primary N) is 1. The van der Waals surface area contributed by atoms with Crippen molar-refractivity contribution in [3.8, 4) is 0 Å². The van der Waals surface area contributed by atoms with Crippen molar-refractivity contribution in [1.29, 1.82) is 0 Å². The largest absolute Gasteiger partial charge is 0.325 e. The summed E-state index contributed by atoms with van der Waals surface area (Å²) in [5.74, 6) is -0.167. The second-order valence-electron chi connectivity index (χ2n) is 6.69. The van der Waals surface area contributed by atoms with E-state index in [4.69, 9.17) is 5.73 Å². The summed E-state index contributed by atoms with van der Waals surface area (Å²) in [6.45, 7) is 7.87. The number of halogens is 2. The Morgan fingerprint density at radius 1 is 1.26 bits per heavy atom. The number of anilines is 1. The first kappa shape index (κ1) is 22.2. The summed E-state index contributed by atoms with van der Waals surface area (Å²) >= 11 is 0. The molecule has 1 unspecified atom stereocenters. The van der Waals surface area contributed by atoms with E-state index in [1.807, 2.05) is 12.1 Å². The van der Waals surface area contributed by atoms with Crippen LogP contribution in [0.3, 0.4) is 0 Å². The topological polar surface area (TPSA) is 58.4 Å². The molecule has 4 nitrogen and oxygen atoms in total. The molecule has 1 atom stereocenters. The number of nitrogens with one attached hydrogen (secondary N) is 1. The van der Waals surface area contributed by atoms with Crippen molar-refractivity contribution >= 4 is 36.4 Å². The van der Waals surface area contributed by atoms with E-state index in [0.29, 0.717) is 6.04 Å². The van der Waals surface area contributed by atoms with Crippen molar-refractivity contribution in [1.82, 2.24) is 4.90 Å². The molecule has 1 heterocycles. The maximum absolute atomic E-state index is 11.8. The van der Waals surface area contributed by atoms with Crippen molar-refractivity contribution in [3.05, 3.63) is 29.8 Å². The Labute approximate surface area is 152 Å². The van der Waals surface area contributed by atoms with Gasteiger partial charge in [-0.05, 0) is 57.9 Å². The van der Waals surface area contributed by atoms with Crippen LogP contribution < -0.4 is 11.1 Å². The Kier molecular flexibility index (Phi) is 9.14. The summed E-state index contributed by atoms with van der Waals surface area (Å²) < 4.78 is 0. The fourth-order valence-corrected chi connectivity index (χ4v) is 2.61. The molecule has 1 fully saturated rings. The maximum Gasteiger partial charge on any atom is 0.243 e. The standard InChI is InChI=1S/C17H27N3O.2ClH/c1-13-6-4-5-11-20(13)12-14-7-9-15(10-8-14)19-16(21)17(2,3)18;;/h7-10,13H,4-6,11-12,18H2,1-3H3,(H,19,21);2*1H. The highest BCUT2D eigenvalue weighted by Crippen LogP contribution is 2.20. The zero-order chi connectivity index (χ0) is 15.5. The molecule has 0 aromatic heterocycles. The predicted molar refractivity (Wildman–Crippen MR) is 102 cm³/mol. The number of piperidine rings is 1. The van der Waals surface area contributed by atoms with E-state index in [1.165, 1.54) is 31.4 Å². The van der Waals surface area contributed by atoms with Crippen LogP contribution >= 0.6 is 24.8 Å². The van der Waals surface area contributed by atoms with Gasteiger partial charge < -0.3 is 11.1 Å². The normalized spacial score (nSPS) is 18.5. The van der Waals surface area contributed by atoms with E-state index in [-0.39, 0.29) is 30.7 Å². The third kappa shape index (κ3) is 6.68. The van der Waals surface area contributed by atoms with Crippen molar-refractivity contribution in [2.24, 2.45) is 5.73 Å². The first-order valence-corrected chi connectivity index (χ1v) is 7.79. The minimum Gasteiger partial charge on any atom is -0.325 e. The van der Waals surface area contributed by atoms with Crippen LogP contribution in [0, 0.1) is 0 Å². The van der Waals surface area contributed by atoms with E-state index in [0.717, 1.165) is 12.2 Å². The van der Waals surface area contributed by atoms with E-state index < -0.39 is 5.54 Å². The lowest BCUT2D eigenvalue weighted by molar-refractivity contribution is -0.120. The molecule has 0 bridgehead atoms. The van der Waals surface area contributed by atoms with E-state index in [2.05, 4.69) is 29.3 Å². The molecule has 1 aliphatic rings. The lowest BCUT2D eigenvalue weighted by atomic mass is 10.0. The van der Waals surface area contributed by atoms with Gasteiger partial charge in [0, 0.05) is 18.3 Å². The van der Waals surface area contributed by atoms with E-state index in [1.54, 1.807) is 13.8 Å². The number of likely N-dealkylation sites (tertiary alicyclic amines) is 1. The smallest absolute Gasteiger partial charge is 0.243 e. The fraction of sp³-hybridized carbons (Fsp3) is 0.588. The van der Waals surface area contributed by atoms with Gasteiger partial charge in [0.2, 0.25) is 5.91 Å². The van der Waals surface area contributed by atoms with Crippen molar-refractivity contribution in [2.45, 2.75) is 58.2 Å². The van der Waals surface area contributed by atoms with Gasteiger partial charge in [-0.2, -0.15) is 0 Å². The molecule has 1 saturated heterocycles. The van der Waals surface area contributed by atoms with Crippen LogP contribution in [0.15, 0.2) is 24.3 Å². The fourth-order valence-electron chi connectivity index (χ4n) is 2.61. The molecule has 6 heteroatoms. The number of nitrogens with zero attached hydrogens (tertiary/aromatic N) is 1. The summed E-state index contributed by atoms with van der Waals surface area (Å²) in [5.41, 5.74) is 7.00. The van der Waals surface area contributed by atoms with E-state index >= 15 is 0 Å². The molecule has 132 valence electrons. The highest BCUT2D eigenvalue weighted by molar-refractivity contribution is 5.97. The summed E-state index contributed by atoms with van der Waals surface area (Å²) in [6, 6.07) is 8.73. The average molecular weight is 362 g/mol. The van der Waals surface area contributed by atoms with Gasteiger partial charge in [-0.1, -0.05) is 18.6 Å². The first-order valence-electron chi connectivity index (χ1n) is 7.79. The van der Waals surface area contributed by atoms with Crippen LogP contribution in [0.5, 0.6) is 0 Å². The van der Waals surface area contributed by atoms with Crippen molar-refractivity contribution in [2.75, 3.05) is 11.9 Å². The number of rotatable bonds is 4. The van der Waals surface area contributed by atoms with Gasteiger partial charge in [0.25, 0.3) is 0 Å². The highest BCUT2D eigenvalue weighted by atomic mass is 35.5. The van der Waals surface area contributed by atoms with Gasteiger partial charge in [-0.15, -0.1) is 24.8 Å². The summed E-state index contributed by atoms with van der Waals surface area (Å²) in [5, 5.41) is 2.84. The molecule has 0 aliphatic carbocycles. The zero-order valence-electron chi connectivity index (χ0n) is 14.2. The average Bonchev–Trinajstić information content (AvgIpc) is 2.42. The number of amides is 1. The molecular weight excluding hydrogens is 333 g/mol. The molecule has 1 aromatic carbocycles. The van der Waals surface area contributed by atoms with Gasteiger partial charge in [0.15, 0.2) is 0 Å². The van der Waals surface area contributed by atoms with Crippen molar-refractivity contribution < 1.29 is 4.79 Å². The molecule has 0 spiro atoms. The second kappa shape index (κ2) is 9.48. The molecule has 3 N–H and O–H groups in total. The molecule has 0 radical (unpaired) electrons. The number of carbonyl (C=O) groups is 1. The van der Waals surface area contributed by atoms with Crippen LogP contribution in [-0.4, -0.2) is 28.9 Å². The van der Waals surface area contributed by atoms with Gasteiger partial charge in [0.05, 0.1) is 5.54 Å². The summed E-state index contributed by atoms with van der Waals surface area (Å²) in [4.78, 5) is 14.4.